The number of aliphatic hydroxyl groups is 1. The monoisotopic (exact) mass is 331 g/mol. The molecule has 2 N–H and O–H groups in total. The highest BCUT2D eigenvalue weighted by molar-refractivity contribution is 5.18. The Morgan fingerprint density at radius 3 is 2.54 bits per heavy atom. The molecule has 3 rings (SSSR count). The highest BCUT2D eigenvalue weighted by Crippen LogP contribution is 2.66. The second-order valence-corrected chi connectivity index (χ2v) is 8.63. The van der Waals surface area contributed by atoms with Crippen molar-refractivity contribution >= 4 is 0 Å². The molecule has 0 aliphatic heterocycles. The van der Waals surface area contributed by atoms with Gasteiger partial charge in [0.1, 0.15) is 0 Å². The zero-order valence-electron chi connectivity index (χ0n) is 15.6. The molecule has 3 nitrogen and oxygen atoms in total. The number of benzene rings is 1. The Kier molecular flexibility index (Phi) is 5.06. The number of aliphatic hydroxyl groups excluding tert-OH is 1. The summed E-state index contributed by atoms with van der Waals surface area (Å²) in [6, 6.07) is 10.6. The Morgan fingerprint density at radius 1 is 1.25 bits per heavy atom. The Balaban J connectivity index is 1.44. The Labute approximate surface area is 146 Å². The average Bonchev–Trinajstić information content (AvgIpc) is 2.91. The van der Waals surface area contributed by atoms with Crippen LogP contribution < -0.4 is 5.32 Å². The van der Waals surface area contributed by atoms with Gasteiger partial charge in [0.25, 0.3) is 0 Å². The molecule has 0 aromatic heterocycles. The van der Waals surface area contributed by atoms with Crippen LogP contribution in [0, 0.1) is 16.7 Å². The number of hydrogen-bond donors (Lipinski definition) is 2. The molecule has 0 spiro atoms. The van der Waals surface area contributed by atoms with Gasteiger partial charge in [-0.05, 0) is 48.5 Å². The average molecular weight is 332 g/mol. The van der Waals surface area contributed by atoms with E-state index in [1.165, 1.54) is 18.4 Å². The van der Waals surface area contributed by atoms with Crippen LogP contribution in [0.2, 0.25) is 0 Å². The van der Waals surface area contributed by atoms with Crippen LogP contribution in [0.1, 0.15) is 58.6 Å². The SMILES string of the molecule is C[C@H](NC[C@@H](O)CO[C@@H]1C[C@@H]2CC[C@]1(C)C2(C)C)c1ccccc1. The molecule has 1 aromatic carbocycles. The van der Waals surface area contributed by atoms with Crippen molar-refractivity contribution in [2.75, 3.05) is 13.2 Å². The van der Waals surface area contributed by atoms with E-state index in [0.29, 0.717) is 24.7 Å². The van der Waals surface area contributed by atoms with Gasteiger partial charge in [0.2, 0.25) is 0 Å². The van der Waals surface area contributed by atoms with Crippen LogP contribution in [0.5, 0.6) is 0 Å². The number of nitrogens with one attached hydrogen (secondary N) is 1. The summed E-state index contributed by atoms with van der Waals surface area (Å²) in [6.07, 6.45) is 3.59. The standard InChI is InChI=1S/C21H33NO2/c1-15(16-8-6-5-7-9-16)22-13-18(23)14-24-19-12-17-10-11-21(19,4)20(17,2)3/h5-9,15,17-19,22-23H,10-14H2,1-4H3/t15-,17-,18+,19+,21-/m0/s1. The highest BCUT2D eigenvalue weighted by Gasteiger charge is 2.61. The predicted molar refractivity (Wildman–Crippen MR) is 97.8 cm³/mol. The topological polar surface area (TPSA) is 41.5 Å². The van der Waals surface area contributed by atoms with Crippen LogP contribution in [0.3, 0.4) is 0 Å². The van der Waals surface area contributed by atoms with Crippen LogP contribution in [0.25, 0.3) is 0 Å². The van der Waals surface area contributed by atoms with Crippen molar-refractivity contribution in [1.29, 1.82) is 0 Å². The number of ether oxygens (including phenoxy) is 1. The molecule has 0 heterocycles. The van der Waals surface area contributed by atoms with E-state index in [4.69, 9.17) is 4.74 Å². The molecule has 134 valence electrons. The van der Waals surface area contributed by atoms with E-state index in [1.54, 1.807) is 0 Å². The minimum absolute atomic E-state index is 0.236. The van der Waals surface area contributed by atoms with Gasteiger partial charge in [-0.15, -0.1) is 0 Å². The molecule has 24 heavy (non-hydrogen) atoms. The molecule has 1 aromatic rings. The summed E-state index contributed by atoms with van der Waals surface area (Å²) in [4.78, 5) is 0. The maximum atomic E-state index is 10.3. The summed E-state index contributed by atoms with van der Waals surface area (Å²) in [5.41, 5.74) is 1.87. The molecule has 2 bridgehead atoms. The van der Waals surface area contributed by atoms with Gasteiger partial charge >= 0.3 is 0 Å². The summed E-state index contributed by atoms with van der Waals surface area (Å²) >= 11 is 0. The second kappa shape index (κ2) is 6.78. The fourth-order valence-electron chi connectivity index (χ4n) is 4.84. The van der Waals surface area contributed by atoms with E-state index in [-0.39, 0.29) is 11.5 Å². The van der Waals surface area contributed by atoms with E-state index in [0.717, 1.165) is 12.3 Å². The van der Waals surface area contributed by atoms with Crippen LogP contribution in [0.15, 0.2) is 30.3 Å². The molecule has 2 aliphatic rings. The fourth-order valence-corrected chi connectivity index (χ4v) is 4.84. The molecule has 2 aliphatic carbocycles. The molecule has 0 saturated heterocycles. The van der Waals surface area contributed by atoms with E-state index in [1.807, 2.05) is 18.2 Å². The van der Waals surface area contributed by atoms with Crippen molar-refractivity contribution in [2.24, 2.45) is 16.7 Å². The lowest BCUT2D eigenvalue weighted by molar-refractivity contribution is -0.0744. The molecule has 2 saturated carbocycles. The third-order valence-electron chi connectivity index (χ3n) is 7.16. The van der Waals surface area contributed by atoms with Crippen LogP contribution in [-0.2, 0) is 4.74 Å². The first kappa shape index (κ1) is 17.9. The third-order valence-corrected chi connectivity index (χ3v) is 7.16. The lowest BCUT2D eigenvalue weighted by Gasteiger charge is -2.39. The zero-order valence-corrected chi connectivity index (χ0v) is 15.6. The summed E-state index contributed by atoms with van der Waals surface area (Å²) in [5.74, 6) is 0.779. The Bertz CT molecular complexity index is 544. The molecule has 0 unspecified atom stereocenters. The summed E-state index contributed by atoms with van der Waals surface area (Å²) < 4.78 is 6.19. The molecular formula is C21H33NO2. The lowest BCUT2D eigenvalue weighted by atomic mass is 9.70. The van der Waals surface area contributed by atoms with Crippen LogP contribution >= 0.6 is 0 Å². The summed E-state index contributed by atoms with van der Waals surface area (Å²) in [6.45, 7) is 10.3. The number of rotatable bonds is 7. The molecular weight excluding hydrogens is 298 g/mol. The maximum absolute atomic E-state index is 10.3. The first-order valence-corrected chi connectivity index (χ1v) is 9.42. The van der Waals surface area contributed by atoms with Gasteiger partial charge < -0.3 is 15.2 Å². The molecule has 5 atom stereocenters. The molecule has 0 amide bonds. The minimum atomic E-state index is -0.456. The van der Waals surface area contributed by atoms with Crippen molar-refractivity contribution in [3.05, 3.63) is 35.9 Å². The fraction of sp³-hybridized carbons (Fsp3) is 0.714. The van der Waals surface area contributed by atoms with Crippen LogP contribution in [-0.4, -0.2) is 30.5 Å². The quantitative estimate of drug-likeness (QED) is 0.795. The maximum Gasteiger partial charge on any atom is 0.0898 e. The van der Waals surface area contributed by atoms with Crippen molar-refractivity contribution in [1.82, 2.24) is 5.32 Å². The van der Waals surface area contributed by atoms with E-state index < -0.39 is 6.10 Å². The molecule has 2 fully saturated rings. The normalized spacial score (nSPS) is 33.5. The van der Waals surface area contributed by atoms with Gasteiger partial charge in [0.15, 0.2) is 0 Å². The Hall–Kier alpha value is -0.900. The summed E-state index contributed by atoms with van der Waals surface area (Å²) in [7, 11) is 0. The van der Waals surface area contributed by atoms with Crippen molar-refractivity contribution in [3.8, 4) is 0 Å². The van der Waals surface area contributed by atoms with Gasteiger partial charge in [0, 0.05) is 12.6 Å². The van der Waals surface area contributed by atoms with Crippen molar-refractivity contribution in [3.63, 3.8) is 0 Å². The van der Waals surface area contributed by atoms with E-state index in [9.17, 15) is 5.11 Å². The zero-order chi connectivity index (χ0) is 17.4. The van der Waals surface area contributed by atoms with Gasteiger partial charge in [-0.1, -0.05) is 51.1 Å². The van der Waals surface area contributed by atoms with Gasteiger partial charge in [0.05, 0.1) is 18.8 Å². The van der Waals surface area contributed by atoms with Crippen molar-refractivity contribution in [2.45, 2.75) is 65.2 Å². The van der Waals surface area contributed by atoms with E-state index >= 15 is 0 Å². The molecule has 3 heteroatoms. The van der Waals surface area contributed by atoms with Crippen molar-refractivity contribution < 1.29 is 9.84 Å². The third kappa shape index (κ3) is 3.14. The molecule has 0 radical (unpaired) electrons. The first-order valence-electron chi connectivity index (χ1n) is 9.42. The first-order chi connectivity index (χ1) is 11.3. The smallest absolute Gasteiger partial charge is 0.0898 e. The Morgan fingerprint density at radius 2 is 1.96 bits per heavy atom. The highest BCUT2D eigenvalue weighted by atomic mass is 16.5. The van der Waals surface area contributed by atoms with Gasteiger partial charge in [-0.3, -0.25) is 0 Å². The summed E-state index contributed by atoms with van der Waals surface area (Å²) in [5, 5.41) is 13.7. The van der Waals surface area contributed by atoms with Gasteiger partial charge in [-0.2, -0.15) is 0 Å². The van der Waals surface area contributed by atoms with Crippen LogP contribution in [0.4, 0.5) is 0 Å². The minimum Gasteiger partial charge on any atom is -0.389 e. The predicted octanol–water partition coefficient (Wildman–Crippen LogP) is 3.93. The largest absolute Gasteiger partial charge is 0.389 e. The number of fused-ring (bicyclic) bond motifs is 2. The lowest BCUT2D eigenvalue weighted by Crippen LogP contribution is -2.40. The van der Waals surface area contributed by atoms with Gasteiger partial charge in [-0.25, -0.2) is 0 Å². The van der Waals surface area contributed by atoms with E-state index in [2.05, 4.69) is 45.1 Å². The second-order valence-electron chi connectivity index (χ2n) is 8.63. The number of hydrogen-bond acceptors (Lipinski definition) is 3.